The molecule has 148 valence electrons. The predicted molar refractivity (Wildman–Crippen MR) is 110 cm³/mol. The number of aryl methyl sites for hydroxylation is 1. The molecule has 3 amide bonds. The summed E-state index contributed by atoms with van der Waals surface area (Å²) in [6.07, 6.45) is 1.55. The first kappa shape index (κ1) is 20.8. The molecule has 2 aliphatic heterocycles. The van der Waals surface area contributed by atoms with Gasteiger partial charge in [-0.25, -0.2) is 9.69 Å². The van der Waals surface area contributed by atoms with Gasteiger partial charge in [0.25, 0.3) is 5.91 Å². The Morgan fingerprint density at radius 1 is 1.10 bits per heavy atom. The summed E-state index contributed by atoms with van der Waals surface area (Å²) in [5.41, 5.74) is 0.842. The number of hydrogen-bond donors (Lipinski definition) is 0. The molecular formula is C21H17Cl2N3O3. The number of imide groups is 1. The molecule has 1 unspecified atom stereocenters. The van der Waals surface area contributed by atoms with Crippen LogP contribution in [0, 0.1) is 18.3 Å². The van der Waals surface area contributed by atoms with E-state index in [1.54, 1.807) is 0 Å². The highest BCUT2D eigenvalue weighted by Crippen LogP contribution is 2.39. The Hall–Kier alpha value is -2.88. The molecule has 0 saturated carbocycles. The standard InChI is InChI=1S/C13H10Cl2N2O3.C8H7N/c14-8-4-9(15)6-10(5-8)17-11(19)13(7-18)2-1-3-16(13)12(17)20;1-7-2-4-8(6-9)5-3-7/h4-7H,1-3H2;2-5H,1H3. The molecule has 2 aromatic rings. The largest absolute Gasteiger partial charge is 0.332 e. The number of nitriles is 1. The van der Waals surface area contributed by atoms with Crippen molar-refractivity contribution in [2.45, 2.75) is 25.3 Å². The van der Waals surface area contributed by atoms with E-state index in [0.717, 1.165) is 10.5 Å². The van der Waals surface area contributed by atoms with Gasteiger partial charge in [-0.15, -0.1) is 0 Å². The third-order valence-corrected chi connectivity index (χ3v) is 5.33. The van der Waals surface area contributed by atoms with E-state index in [2.05, 4.69) is 6.07 Å². The van der Waals surface area contributed by atoms with Crippen molar-refractivity contribution in [2.75, 3.05) is 11.4 Å². The molecule has 1 atom stereocenters. The lowest BCUT2D eigenvalue weighted by atomic mass is 9.98. The summed E-state index contributed by atoms with van der Waals surface area (Å²) in [5, 5.41) is 9.02. The van der Waals surface area contributed by atoms with Gasteiger partial charge in [-0.2, -0.15) is 5.26 Å². The lowest BCUT2D eigenvalue weighted by molar-refractivity contribution is -0.130. The molecule has 0 spiro atoms. The van der Waals surface area contributed by atoms with Gasteiger partial charge < -0.3 is 9.69 Å². The molecule has 2 fully saturated rings. The van der Waals surface area contributed by atoms with Crippen molar-refractivity contribution >= 4 is 47.1 Å². The van der Waals surface area contributed by atoms with Gasteiger partial charge in [-0.1, -0.05) is 40.9 Å². The van der Waals surface area contributed by atoms with Gasteiger partial charge in [0, 0.05) is 16.6 Å². The Kier molecular flexibility index (Phi) is 5.92. The van der Waals surface area contributed by atoms with Crippen molar-refractivity contribution < 1.29 is 14.4 Å². The molecule has 4 rings (SSSR count). The fraction of sp³-hybridized carbons (Fsp3) is 0.238. The van der Waals surface area contributed by atoms with E-state index in [1.165, 1.54) is 28.7 Å². The number of rotatable bonds is 2. The van der Waals surface area contributed by atoms with E-state index >= 15 is 0 Å². The average Bonchev–Trinajstić information content (AvgIpc) is 3.21. The van der Waals surface area contributed by atoms with Crippen molar-refractivity contribution in [2.24, 2.45) is 0 Å². The van der Waals surface area contributed by atoms with Crippen LogP contribution in [0.3, 0.4) is 0 Å². The number of aldehydes is 1. The molecule has 2 aromatic carbocycles. The molecule has 0 radical (unpaired) electrons. The number of benzene rings is 2. The maximum atomic E-state index is 12.5. The van der Waals surface area contributed by atoms with Crippen LogP contribution in [0.2, 0.25) is 10.0 Å². The number of urea groups is 1. The van der Waals surface area contributed by atoms with Crippen molar-refractivity contribution in [3.63, 3.8) is 0 Å². The highest BCUT2D eigenvalue weighted by atomic mass is 35.5. The number of carbonyl (C=O) groups excluding carboxylic acids is 3. The van der Waals surface area contributed by atoms with Gasteiger partial charge in [0.1, 0.15) is 0 Å². The topological polar surface area (TPSA) is 81.5 Å². The number of amides is 3. The zero-order chi connectivity index (χ0) is 21.2. The van der Waals surface area contributed by atoms with Crippen molar-refractivity contribution in [1.29, 1.82) is 5.26 Å². The van der Waals surface area contributed by atoms with Crippen LogP contribution in [-0.4, -0.2) is 35.2 Å². The quantitative estimate of drug-likeness (QED) is 0.403. The molecule has 0 aliphatic carbocycles. The fourth-order valence-corrected chi connectivity index (χ4v) is 3.94. The number of anilines is 1. The first-order chi connectivity index (χ1) is 13.8. The minimum absolute atomic E-state index is 0.285. The molecule has 29 heavy (non-hydrogen) atoms. The number of fused-ring (bicyclic) bond motifs is 1. The summed E-state index contributed by atoms with van der Waals surface area (Å²) in [5.74, 6) is -0.534. The summed E-state index contributed by atoms with van der Waals surface area (Å²) in [6, 6.07) is 13.5. The first-order valence-electron chi connectivity index (χ1n) is 8.88. The highest BCUT2D eigenvalue weighted by molar-refractivity contribution is 6.36. The second-order valence-corrected chi connectivity index (χ2v) is 7.70. The van der Waals surface area contributed by atoms with Crippen LogP contribution >= 0.6 is 23.2 Å². The fourth-order valence-electron chi connectivity index (χ4n) is 3.43. The van der Waals surface area contributed by atoms with Crippen LogP contribution in [0.15, 0.2) is 42.5 Å². The number of halogens is 2. The molecule has 2 aliphatic rings. The van der Waals surface area contributed by atoms with E-state index in [-0.39, 0.29) is 5.69 Å². The minimum atomic E-state index is -1.36. The van der Waals surface area contributed by atoms with E-state index in [9.17, 15) is 14.4 Å². The number of carbonyl (C=O) groups is 3. The first-order valence-corrected chi connectivity index (χ1v) is 9.63. The Balaban J connectivity index is 0.000000224. The van der Waals surface area contributed by atoms with E-state index in [0.29, 0.717) is 35.7 Å². The maximum absolute atomic E-state index is 12.5. The van der Waals surface area contributed by atoms with E-state index < -0.39 is 17.5 Å². The number of hydrogen-bond acceptors (Lipinski definition) is 4. The molecule has 8 heteroatoms. The zero-order valence-electron chi connectivity index (χ0n) is 15.6. The van der Waals surface area contributed by atoms with Gasteiger partial charge in [0.2, 0.25) is 0 Å². The lowest BCUT2D eigenvalue weighted by Crippen LogP contribution is -2.46. The SMILES string of the molecule is Cc1ccc(C#N)cc1.O=CC12CCCN1C(=O)N(c1cc(Cl)cc(Cl)c1)C2=O. The molecule has 0 bridgehead atoms. The predicted octanol–water partition coefficient (Wildman–Crippen LogP) is 4.36. The van der Waals surface area contributed by atoms with Crippen molar-refractivity contribution in [1.82, 2.24) is 4.90 Å². The van der Waals surface area contributed by atoms with E-state index in [4.69, 9.17) is 28.5 Å². The van der Waals surface area contributed by atoms with Crippen LogP contribution in [0.1, 0.15) is 24.0 Å². The molecule has 2 heterocycles. The van der Waals surface area contributed by atoms with Crippen LogP contribution in [-0.2, 0) is 9.59 Å². The summed E-state index contributed by atoms with van der Waals surface area (Å²) < 4.78 is 0. The van der Waals surface area contributed by atoms with Gasteiger partial charge in [0.15, 0.2) is 11.8 Å². The van der Waals surface area contributed by atoms with Crippen molar-refractivity contribution in [3.8, 4) is 6.07 Å². The smallest absolute Gasteiger partial charge is 0.303 e. The molecule has 0 N–H and O–H groups in total. The maximum Gasteiger partial charge on any atom is 0.332 e. The van der Waals surface area contributed by atoms with Gasteiger partial charge in [-0.05, 0) is 50.1 Å². The summed E-state index contributed by atoms with van der Waals surface area (Å²) in [6.45, 7) is 2.40. The van der Waals surface area contributed by atoms with Crippen LogP contribution in [0.25, 0.3) is 0 Å². The third-order valence-electron chi connectivity index (χ3n) is 4.90. The summed E-state index contributed by atoms with van der Waals surface area (Å²) in [4.78, 5) is 38.6. The average molecular weight is 430 g/mol. The Morgan fingerprint density at radius 2 is 1.72 bits per heavy atom. The van der Waals surface area contributed by atoms with Crippen LogP contribution < -0.4 is 4.90 Å². The number of nitrogens with zero attached hydrogens (tertiary/aromatic N) is 3. The van der Waals surface area contributed by atoms with Gasteiger partial charge in [-0.3, -0.25) is 4.79 Å². The molecule has 0 aromatic heterocycles. The Bertz CT molecular complexity index is 997. The monoisotopic (exact) mass is 429 g/mol. The summed E-state index contributed by atoms with van der Waals surface area (Å²) >= 11 is 11.8. The molecule has 6 nitrogen and oxygen atoms in total. The van der Waals surface area contributed by atoms with E-state index in [1.807, 2.05) is 31.2 Å². The summed E-state index contributed by atoms with van der Waals surface area (Å²) in [7, 11) is 0. The second-order valence-electron chi connectivity index (χ2n) is 6.83. The van der Waals surface area contributed by atoms with Crippen LogP contribution in [0.5, 0.6) is 0 Å². The van der Waals surface area contributed by atoms with Gasteiger partial charge >= 0.3 is 6.03 Å². The zero-order valence-corrected chi connectivity index (χ0v) is 17.1. The Morgan fingerprint density at radius 3 is 2.24 bits per heavy atom. The van der Waals surface area contributed by atoms with Gasteiger partial charge in [0.05, 0.1) is 17.3 Å². The highest BCUT2D eigenvalue weighted by Gasteiger charge is 2.60. The van der Waals surface area contributed by atoms with Crippen molar-refractivity contribution in [3.05, 3.63) is 63.6 Å². The second kappa shape index (κ2) is 8.24. The van der Waals surface area contributed by atoms with Crippen LogP contribution in [0.4, 0.5) is 10.5 Å². The lowest BCUT2D eigenvalue weighted by Gasteiger charge is -2.20. The Labute approximate surface area is 178 Å². The minimum Gasteiger partial charge on any atom is -0.303 e. The molecule has 2 saturated heterocycles. The molecular weight excluding hydrogens is 413 g/mol. The third kappa shape index (κ3) is 3.84. The normalized spacial score (nSPS) is 20.1.